The van der Waals surface area contributed by atoms with Crippen molar-refractivity contribution in [3.8, 4) is 0 Å². The van der Waals surface area contributed by atoms with E-state index in [1.165, 1.54) is 0 Å². The second-order valence-corrected chi connectivity index (χ2v) is 5.79. The molecule has 0 radical (unpaired) electrons. The summed E-state index contributed by atoms with van der Waals surface area (Å²) >= 11 is 5.81. The number of nitrogens with zero attached hydrogens (tertiary/aromatic N) is 2. The number of nitrogens with one attached hydrogen (secondary N) is 2. The van der Waals surface area contributed by atoms with E-state index < -0.39 is 0 Å². The third-order valence-corrected chi connectivity index (χ3v) is 3.98. The average Bonchev–Trinajstić information content (AvgIpc) is 2.82. The van der Waals surface area contributed by atoms with E-state index in [-0.39, 0.29) is 6.03 Å². The largest absolute Gasteiger partial charge is 0.334 e. The third-order valence-electron chi connectivity index (χ3n) is 3.72. The molecule has 5 nitrogen and oxygen atoms in total. The van der Waals surface area contributed by atoms with Gasteiger partial charge in [-0.2, -0.15) is 0 Å². The van der Waals surface area contributed by atoms with Crippen molar-refractivity contribution in [1.82, 2.24) is 14.9 Å². The molecule has 0 aliphatic rings. The second kappa shape index (κ2) is 6.30. The molecule has 118 valence electrons. The smallest absolute Gasteiger partial charge is 0.319 e. The number of amides is 2. The van der Waals surface area contributed by atoms with Gasteiger partial charge in [0.25, 0.3) is 0 Å². The lowest BCUT2D eigenvalue weighted by molar-refractivity contribution is 0.251. The van der Waals surface area contributed by atoms with Crippen LogP contribution < -0.4 is 10.6 Å². The fourth-order valence-corrected chi connectivity index (χ4v) is 2.49. The lowest BCUT2D eigenvalue weighted by atomic mass is 10.2. The molecule has 2 aromatic carbocycles. The highest BCUT2D eigenvalue weighted by atomic mass is 35.5. The number of rotatable bonds is 3. The first-order valence-electron chi connectivity index (χ1n) is 7.25. The Bertz CT molecular complexity index is 855. The molecule has 1 aromatic heterocycles. The van der Waals surface area contributed by atoms with Crippen LogP contribution in [0.15, 0.2) is 42.5 Å². The first kappa shape index (κ1) is 15.4. The summed E-state index contributed by atoms with van der Waals surface area (Å²) in [6, 6.07) is 12.7. The summed E-state index contributed by atoms with van der Waals surface area (Å²) in [7, 11) is 1.99. The molecule has 0 bridgehead atoms. The molecule has 1 heterocycles. The van der Waals surface area contributed by atoms with Gasteiger partial charge in [-0.05, 0) is 48.9 Å². The number of imidazole rings is 1. The highest BCUT2D eigenvalue weighted by Gasteiger charge is 2.06. The molecule has 0 unspecified atom stereocenters. The van der Waals surface area contributed by atoms with Gasteiger partial charge in [-0.25, -0.2) is 9.78 Å². The number of carbonyl (C=O) groups excluding carboxylic acids is 1. The molecular formula is C17H17ClN4O. The van der Waals surface area contributed by atoms with Crippen LogP contribution in [0, 0.1) is 6.92 Å². The van der Waals surface area contributed by atoms with Crippen LogP contribution >= 0.6 is 11.6 Å². The van der Waals surface area contributed by atoms with E-state index in [4.69, 9.17) is 11.6 Å². The summed E-state index contributed by atoms with van der Waals surface area (Å²) in [6.45, 7) is 2.41. The number of anilines is 1. The average molecular weight is 329 g/mol. The van der Waals surface area contributed by atoms with Crippen molar-refractivity contribution in [2.45, 2.75) is 13.5 Å². The van der Waals surface area contributed by atoms with Crippen molar-refractivity contribution in [1.29, 1.82) is 0 Å². The normalized spacial score (nSPS) is 10.7. The lowest BCUT2D eigenvalue weighted by Crippen LogP contribution is -2.28. The molecule has 2 N–H and O–H groups in total. The standard InChI is InChI=1S/C17H17ClN4O/c1-11-20-15-9-12(3-8-16(15)22(11)2)10-19-17(23)21-14-6-4-13(18)5-7-14/h3-9H,10H2,1-2H3,(H2,19,21,23). The van der Waals surface area contributed by atoms with Gasteiger partial charge in [-0.15, -0.1) is 0 Å². The summed E-state index contributed by atoms with van der Waals surface area (Å²) < 4.78 is 2.04. The van der Waals surface area contributed by atoms with Gasteiger partial charge in [0, 0.05) is 24.3 Å². The van der Waals surface area contributed by atoms with E-state index in [9.17, 15) is 4.79 Å². The third kappa shape index (κ3) is 3.46. The minimum Gasteiger partial charge on any atom is -0.334 e. The summed E-state index contributed by atoms with van der Waals surface area (Å²) in [5.74, 6) is 0.964. The van der Waals surface area contributed by atoms with Gasteiger partial charge < -0.3 is 15.2 Å². The van der Waals surface area contributed by atoms with Crippen LogP contribution in [0.3, 0.4) is 0 Å². The van der Waals surface area contributed by atoms with Crippen molar-refractivity contribution in [2.24, 2.45) is 7.05 Å². The molecule has 0 aliphatic heterocycles. The first-order chi connectivity index (χ1) is 11.0. The maximum atomic E-state index is 11.9. The first-order valence-corrected chi connectivity index (χ1v) is 7.63. The number of aryl methyl sites for hydroxylation is 2. The van der Waals surface area contributed by atoms with Gasteiger partial charge in [-0.3, -0.25) is 0 Å². The summed E-state index contributed by atoms with van der Waals surface area (Å²) in [5, 5.41) is 6.23. The number of halogens is 1. The topological polar surface area (TPSA) is 59.0 Å². The molecular weight excluding hydrogens is 312 g/mol. The van der Waals surface area contributed by atoms with E-state index in [1.807, 2.05) is 36.7 Å². The fraction of sp³-hybridized carbons (Fsp3) is 0.176. The molecule has 0 saturated heterocycles. The maximum absolute atomic E-state index is 11.9. The van der Waals surface area contributed by atoms with E-state index >= 15 is 0 Å². The number of aromatic nitrogens is 2. The van der Waals surface area contributed by atoms with Crippen molar-refractivity contribution in [3.05, 3.63) is 58.9 Å². The molecule has 23 heavy (non-hydrogen) atoms. The van der Waals surface area contributed by atoms with Gasteiger partial charge in [0.05, 0.1) is 11.0 Å². The Kier molecular flexibility index (Phi) is 4.21. The van der Waals surface area contributed by atoms with Crippen molar-refractivity contribution >= 4 is 34.4 Å². The van der Waals surface area contributed by atoms with Gasteiger partial charge in [-0.1, -0.05) is 17.7 Å². The van der Waals surface area contributed by atoms with Crippen molar-refractivity contribution < 1.29 is 4.79 Å². The van der Waals surface area contributed by atoms with Crippen LogP contribution in [0.25, 0.3) is 11.0 Å². The summed E-state index contributed by atoms with van der Waals surface area (Å²) in [6.07, 6.45) is 0. The Morgan fingerprint density at radius 2 is 1.96 bits per heavy atom. The number of carbonyl (C=O) groups is 1. The van der Waals surface area contributed by atoms with Crippen LogP contribution in [0.4, 0.5) is 10.5 Å². The van der Waals surface area contributed by atoms with Crippen LogP contribution in [0.1, 0.15) is 11.4 Å². The monoisotopic (exact) mass is 328 g/mol. The molecule has 3 aromatic rings. The molecule has 6 heteroatoms. The maximum Gasteiger partial charge on any atom is 0.319 e. The summed E-state index contributed by atoms with van der Waals surface area (Å²) in [5.41, 5.74) is 3.71. The number of hydrogen-bond acceptors (Lipinski definition) is 2. The van der Waals surface area contributed by atoms with E-state index in [1.54, 1.807) is 24.3 Å². The Balaban J connectivity index is 1.63. The molecule has 2 amide bonds. The molecule has 0 spiro atoms. The quantitative estimate of drug-likeness (QED) is 0.767. The van der Waals surface area contributed by atoms with Crippen LogP contribution in [-0.2, 0) is 13.6 Å². The highest BCUT2D eigenvalue weighted by Crippen LogP contribution is 2.16. The van der Waals surface area contributed by atoms with Crippen molar-refractivity contribution in [2.75, 3.05) is 5.32 Å². The predicted molar refractivity (Wildman–Crippen MR) is 92.8 cm³/mol. The van der Waals surface area contributed by atoms with Crippen LogP contribution in [0.2, 0.25) is 5.02 Å². The zero-order valence-electron chi connectivity index (χ0n) is 12.9. The van der Waals surface area contributed by atoms with Gasteiger partial charge in [0.2, 0.25) is 0 Å². The van der Waals surface area contributed by atoms with Gasteiger partial charge in [0.15, 0.2) is 0 Å². The fourth-order valence-electron chi connectivity index (χ4n) is 2.37. The molecule has 0 saturated carbocycles. The van der Waals surface area contributed by atoms with E-state index in [0.717, 1.165) is 22.4 Å². The number of urea groups is 1. The van der Waals surface area contributed by atoms with Crippen LogP contribution in [-0.4, -0.2) is 15.6 Å². The predicted octanol–water partition coefficient (Wildman–Crippen LogP) is 3.86. The van der Waals surface area contributed by atoms with Gasteiger partial charge >= 0.3 is 6.03 Å². The summed E-state index contributed by atoms with van der Waals surface area (Å²) in [4.78, 5) is 16.4. The highest BCUT2D eigenvalue weighted by molar-refractivity contribution is 6.30. The molecule has 3 rings (SSSR count). The lowest BCUT2D eigenvalue weighted by Gasteiger charge is -2.08. The molecule has 0 atom stereocenters. The molecule has 0 fully saturated rings. The zero-order chi connectivity index (χ0) is 16.4. The number of benzene rings is 2. The SMILES string of the molecule is Cc1nc2cc(CNC(=O)Nc3ccc(Cl)cc3)ccc2n1C. The second-order valence-electron chi connectivity index (χ2n) is 5.36. The Hall–Kier alpha value is -2.53. The number of fused-ring (bicyclic) bond motifs is 1. The molecule has 0 aliphatic carbocycles. The van der Waals surface area contributed by atoms with E-state index in [0.29, 0.717) is 17.3 Å². The van der Waals surface area contributed by atoms with Crippen LogP contribution in [0.5, 0.6) is 0 Å². The Morgan fingerprint density at radius 1 is 1.22 bits per heavy atom. The van der Waals surface area contributed by atoms with Gasteiger partial charge in [0.1, 0.15) is 5.82 Å². The Morgan fingerprint density at radius 3 is 2.70 bits per heavy atom. The number of hydrogen-bond donors (Lipinski definition) is 2. The minimum atomic E-state index is -0.260. The zero-order valence-corrected chi connectivity index (χ0v) is 13.7. The van der Waals surface area contributed by atoms with E-state index in [2.05, 4.69) is 15.6 Å². The van der Waals surface area contributed by atoms with Crippen molar-refractivity contribution in [3.63, 3.8) is 0 Å². The Labute approximate surface area is 139 Å². The minimum absolute atomic E-state index is 0.260.